The highest BCUT2D eigenvalue weighted by Crippen LogP contribution is 2.35. The van der Waals surface area contributed by atoms with Crippen LogP contribution in [0.2, 0.25) is 0 Å². The lowest BCUT2D eigenvalue weighted by molar-refractivity contribution is 0.174. The maximum absolute atomic E-state index is 6.53. The maximum Gasteiger partial charge on any atom is 0.231 e. The molecule has 21 heavy (non-hydrogen) atoms. The minimum atomic E-state index is -0.0757. The summed E-state index contributed by atoms with van der Waals surface area (Å²) in [6, 6.07) is 16.3. The Kier molecular flexibility index (Phi) is 4.32. The van der Waals surface area contributed by atoms with Gasteiger partial charge in [-0.25, -0.2) is 0 Å². The fourth-order valence-corrected chi connectivity index (χ4v) is 2.82. The van der Waals surface area contributed by atoms with Gasteiger partial charge in [-0.15, -0.1) is 11.6 Å². The molecule has 0 fully saturated rings. The lowest BCUT2D eigenvalue weighted by Gasteiger charge is -2.20. The highest BCUT2D eigenvalue weighted by atomic mass is 35.5. The van der Waals surface area contributed by atoms with Crippen molar-refractivity contribution in [2.75, 3.05) is 20.4 Å². The zero-order chi connectivity index (χ0) is 14.7. The number of hydrogen-bond acceptors (Lipinski definition) is 3. The third-order valence-electron chi connectivity index (χ3n) is 3.53. The van der Waals surface area contributed by atoms with E-state index in [0.29, 0.717) is 6.79 Å². The molecule has 0 spiro atoms. The zero-order valence-electron chi connectivity index (χ0n) is 12.0. The molecule has 0 bridgehead atoms. The Morgan fingerprint density at radius 1 is 1.10 bits per heavy atom. The van der Waals surface area contributed by atoms with Gasteiger partial charge in [-0.2, -0.15) is 0 Å². The number of fused-ring (bicyclic) bond motifs is 1. The van der Waals surface area contributed by atoms with Crippen LogP contribution in [0.15, 0.2) is 48.5 Å². The zero-order valence-corrected chi connectivity index (χ0v) is 12.7. The second-order valence-electron chi connectivity index (χ2n) is 5.26. The van der Waals surface area contributed by atoms with Crippen molar-refractivity contribution < 1.29 is 9.47 Å². The van der Waals surface area contributed by atoms with Crippen LogP contribution < -0.4 is 9.47 Å². The molecule has 1 heterocycles. The normalized spacial score (nSPS) is 14.4. The average Bonchev–Trinajstić information content (AvgIpc) is 2.95. The number of hydrogen-bond donors (Lipinski definition) is 0. The number of likely N-dealkylation sites (N-methyl/N-ethyl adjacent to an activating group) is 1. The van der Waals surface area contributed by atoms with Crippen molar-refractivity contribution >= 4 is 11.6 Å². The van der Waals surface area contributed by atoms with Crippen LogP contribution >= 0.6 is 11.6 Å². The van der Waals surface area contributed by atoms with E-state index in [1.165, 1.54) is 5.56 Å². The number of ether oxygens (including phenoxy) is 2. The maximum atomic E-state index is 6.53. The summed E-state index contributed by atoms with van der Waals surface area (Å²) in [5.74, 6) is 1.57. The first-order valence-electron chi connectivity index (χ1n) is 6.98. The Bertz CT molecular complexity index is 603. The molecular formula is C17H18ClNO2. The molecule has 110 valence electrons. The minimum Gasteiger partial charge on any atom is -0.454 e. The first-order chi connectivity index (χ1) is 10.2. The smallest absolute Gasteiger partial charge is 0.231 e. The summed E-state index contributed by atoms with van der Waals surface area (Å²) in [7, 11) is 2.08. The van der Waals surface area contributed by atoms with Gasteiger partial charge >= 0.3 is 0 Å². The predicted octanol–water partition coefficient (Wildman–Crippen LogP) is 3.83. The molecule has 0 saturated heterocycles. The molecule has 1 atom stereocenters. The van der Waals surface area contributed by atoms with Gasteiger partial charge < -0.3 is 14.4 Å². The van der Waals surface area contributed by atoms with Crippen molar-refractivity contribution in [3.05, 3.63) is 59.7 Å². The van der Waals surface area contributed by atoms with E-state index in [0.717, 1.165) is 30.2 Å². The fraction of sp³-hybridized carbons (Fsp3) is 0.294. The highest BCUT2D eigenvalue weighted by Gasteiger charge is 2.17. The minimum absolute atomic E-state index is 0.0757. The summed E-state index contributed by atoms with van der Waals surface area (Å²) in [6.45, 7) is 1.95. The third-order valence-corrected chi connectivity index (χ3v) is 3.92. The molecule has 0 radical (unpaired) electrons. The van der Waals surface area contributed by atoms with E-state index < -0.39 is 0 Å². The molecule has 1 aliphatic heterocycles. The molecule has 4 heteroatoms. The van der Waals surface area contributed by atoms with Gasteiger partial charge in [0.1, 0.15) is 0 Å². The van der Waals surface area contributed by atoms with E-state index >= 15 is 0 Å². The van der Waals surface area contributed by atoms with Crippen LogP contribution in [-0.4, -0.2) is 25.3 Å². The molecule has 1 unspecified atom stereocenters. The third kappa shape index (κ3) is 3.49. The van der Waals surface area contributed by atoms with E-state index in [9.17, 15) is 0 Å². The van der Waals surface area contributed by atoms with E-state index in [-0.39, 0.29) is 5.38 Å². The van der Waals surface area contributed by atoms with Gasteiger partial charge in [0.05, 0.1) is 5.38 Å². The topological polar surface area (TPSA) is 21.7 Å². The van der Waals surface area contributed by atoms with Gasteiger partial charge in [0, 0.05) is 13.1 Å². The number of nitrogens with zero attached hydrogens (tertiary/aromatic N) is 1. The van der Waals surface area contributed by atoms with Gasteiger partial charge in [0.15, 0.2) is 11.5 Å². The summed E-state index contributed by atoms with van der Waals surface area (Å²) in [6.07, 6.45) is 0. The van der Waals surface area contributed by atoms with Crippen molar-refractivity contribution in [1.82, 2.24) is 4.90 Å². The van der Waals surface area contributed by atoms with E-state index in [4.69, 9.17) is 21.1 Å². The molecule has 0 amide bonds. The molecule has 2 aromatic carbocycles. The van der Waals surface area contributed by atoms with Crippen LogP contribution in [0.25, 0.3) is 0 Å². The van der Waals surface area contributed by atoms with Gasteiger partial charge in [0.25, 0.3) is 0 Å². The number of halogens is 1. The molecule has 0 aromatic heterocycles. The van der Waals surface area contributed by atoms with Crippen molar-refractivity contribution in [1.29, 1.82) is 0 Å². The Balaban J connectivity index is 1.62. The second kappa shape index (κ2) is 6.37. The molecule has 3 nitrogen and oxygen atoms in total. The van der Waals surface area contributed by atoms with Gasteiger partial charge in [-0.3, -0.25) is 0 Å². The van der Waals surface area contributed by atoms with Crippen molar-refractivity contribution in [3.63, 3.8) is 0 Å². The standard InChI is InChI=1S/C17H18ClNO2/c1-19(10-13-5-3-2-4-6-13)11-15(18)14-7-8-16-17(9-14)21-12-20-16/h2-9,15H,10-12H2,1H3. The highest BCUT2D eigenvalue weighted by molar-refractivity contribution is 6.21. The average molecular weight is 304 g/mol. The first-order valence-corrected chi connectivity index (χ1v) is 7.42. The van der Waals surface area contributed by atoms with Crippen LogP contribution in [0.4, 0.5) is 0 Å². The van der Waals surface area contributed by atoms with Crippen molar-refractivity contribution in [2.24, 2.45) is 0 Å². The van der Waals surface area contributed by atoms with Gasteiger partial charge in [-0.05, 0) is 30.3 Å². The summed E-state index contributed by atoms with van der Waals surface area (Å²) in [5.41, 5.74) is 2.34. The molecule has 1 aliphatic rings. The summed E-state index contributed by atoms with van der Waals surface area (Å²) >= 11 is 6.53. The predicted molar refractivity (Wildman–Crippen MR) is 83.9 cm³/mol. The largest absolute Gasteiger partial charge is 0.454 e. The Hall–Kier alpha value is -1.71. The monoisotopic (exact) mass is 303 g/mol. The lowest BCUT2D eigenvalue weighted by atomic mass is 10.1. The van der Waals surface area contributed by atoms with E-state index in [1.54, 1.807) is 0 Å². The Morgan fingerprint density at radius 2 is 1.86 bits per heavy atom. The summed E-state index contributed by atoms with van der Waals surface area (Å²) in [5, 5.41) is -0.0757. The number of benzene rings is 2. The molecule has 2 aromatic rings. The molecule has 0 N–H and O–H groups in total. The molecule has 0 saturated carbocycles. The van der Waals surface area contributed by atoms with Gasteiger partial charge in [-0.1, -0.05) is 36.4 Å². The fourth-order valence-electron chi connectivity index (χ4n) is 2.45. The van der Waals surface area contributed by atoms with E-state index in [1.807, 2.05) is 24.3 Å². The molecule has 0 aliphatic carbocycles. The molecular weight excluding hydrogens is 286 g/mol. The Morgan fingerprint density at radius 3 is 2.67 bits per heavy atom. The lowest BCUT2D eigenvalue weighted by Crippen LogP contribution is -2.22. The van der Waals surface area contributed by atoms with Crippen molar-refractivity contribution in [2.45, 2.75) is 11.9 Å². The number of alkyl halides is 1. The van der Waals surface area contributed by atoms with Crippen LogP contribution in [0, 0.1) is 0 Å². The first kappa shape index (κ1) is 14.2. The quantitative estimate of drug-likeness (QED) is 0.784. The number of rotatable bonds is 5. The SMILES string of the molecule is CN(Cc1ccccc1)CC(Cl)c1ccc2c(c1)OCO2. The Labute approximate surface area is 130 Å². The molecule has 3 rings (SSSR count). The van der Waals surface area contributed by atoms with Crippen LogP contribution in [0.1, 0.15) is 16.5 Å². The summed E-state index contributed by atoms with van der Waals surface area (Å²) < 4.78 is 10.7. The van der Waals surface area contributed by atoms with Crippen LogP contribution in [0.3, 0.4) is 0 Å². The van der Waals surface area contributed by atoms with E-state index in [2.05, 4.69) is 36.2 Å². The van der Waals surface area contributed by atoms with Gasteiger partial charge in [0.2, 0.25) is 6.79 Å². The van der Waals surface area contributed by atoms with Crippen molar-refractivity contribution in [3.8, 4) is 11.5 Å². The second-order valence-corrected chi connectivity index (χ2v) is 5.79. The summed E-state index contributed by atoms with van der Waals surface area (Å²) in [4.78, 5) is 2.22. The van der Waals surface area contributed by atoms with Crippen LogP contribution in [-0.2, 0) is 6.54 Å². The van der Waals surface area contributed by atoms with Crippen LogP contribution in [0.5, 0.6) is 11.5 Å².